The maximum absolute atomic E-state index is 11.2. The topological polar surface area (TPSA) is 111 Å². The van der Waals surface area contributed by atoms with Crippen LogP contribution >= 0.6 is 0 Å². The van der Waals surface area contributed by atoms with Gasteiger partial charge in [-0.15, -0.1) is 0 Å². The van der Waals surface area contributed by atoms with Gasteiger partial charge < -0.3 is 29.9 Å². The van der Waals surface area contributed by atoms with Gasteiger partial charge in [-0.1, -0.05) is 103 Å². The van der Waals surface area contributed by atoms with Crippen LogP contribution in [0.4, 0.5) is 0 Å². The first-order valence-corrected chi connectivity index (χ1v) is 11.1. The van der Waals surface area contributed by atoms with E-state index in [0.717, 1.165) is 25.7 Å². The van der Waals surface area contributed by atoms with Crippen molar-refractivity contribution in [2.24, 2.45) is 0 Å². The second-order valence-electron chi connectivity index (χ2n) is 8.03. The van der Waals surface area contributed by atoms with Crippen molar-refractivity contribution in [2.75, 3.05) is 0 Å². The standard InChI is InChI=1S/2C11H22O3.Ti/c2*1-4-5-6-7-8-9-11(12,13)14-10(2)3;/h2*10H,4-9H2,1-3H3;/q2*-2;+4. The molecule has 172 valence electrons. The second kappa shape index (κ2) is 20.4. The predicted octanol–water partition coefficient (Wildman–Crippen LogP) is 2.29. The fourth-order valence-corrected chi connectivity index (χ4v) is 2.73. The zero-order valence-electron chi connectivity index (χ0n) is 19.6. The van der Waals surface area contributed by atoms with E-state index in [9.17, 15) is 20.4 Å². The zero-order chi connectivity index (χ0) is 22.1. The number of rotatable bonds is 16. The van der Waals surface area contributed by atoms with Crippen LogP contribution in [0.1, 0.15) is 119 Å². The van der Waals surface area contributed by atoms with Gasteiger partial charge in [-0.05, 0) is 27.7 Å². The molecule has 0 atom stereocenters. The summed E-state index contributed by atoms with van der Waals surface area (Å²) in [6.07, 6.45) is 9.78. The molecule has 0 aliphatic carbocycles. The van der Waals surface area contributed by atoms with Crippen LogP contribution in [-0.2, 0) is 31.2 Å². The van der Waals surface area contributed by atoms with Gasteiger partial charge in [0.25, 0.3) is 0 Å². The predicted molar refractivity (Wildman–Crippen MR) is 105 cm³/mol. The summed E-state index contributed by atoms with van der Waals surface area (Å²) in [6, 6.07) is 0. The number of unbranched alkanes of at least 4 members (excludes halogenated alkanes) is 8. The summed E-state index contributed by atoms with van der Waals surface area (Å²) in [5.41, 5.74) is 0. The average Bonchev–Trinajstić information content (AvgIpc) is 2.52. The number of hydrogen-bond acceptors (Lipinski definition) is 6. The third-order valence-electron chi connectivity index (χ3n) is 4.00. The summed E-state index contributed by atoms with van der Waals surface area (Å²) in [5.74, 6) is -4.86. The number of hydrogen-bond donors (Lipinski definition) is 0. The molecule has 0 saturated carbocycles. The van der Waals surface area contributed by atoms with E-state index in [1.165, 1.54) is 25.7 Å². The summed E-state index contributed by atoms with van der Waals surface area (Å²) in [5, 5.41) is 44.7. The smallest absolute Gasteiger partial charge is 0.842 e. The molecule has 0 N–H and O–H groups in total. The Bertz CT molecular complexity index is 303. The Balaban J connectivity index is -0.000000451. The molecular formula is C22H44O6Ti. The van der Waals surface area contributed by atoms with Gasteiger partial charge in [0.2, 0.25) is 0 Å². The first-order chi connectivity index (χ1) is 13.0. The van der Waals surface area contributed by atoms with Crippen molar-refractivity contribution in [1.82, 2.24) is 0 Å². The van der Waals surface area contributed by atoms with E-state index in [4.69, 9.17) is 9.47 Å². The molecule has 0 rings (SSSR count). The van der Waals surface area contributed by atoms with Gasteiger partial charge in [0, 0.05) is 12.2 Å². The minimum Gasteiger partial charge on any atom is -0.842 e. The molecule has 0 aromatic heterocycles. The van der Waals surface area contributed by atoms with Crippen LogP contribution in [0, 0.1) is 0 Å². The van der Waals surface area contributed by atoms with Gasteiger partial charge in [-0.3, -0.25) is 0 Å². The van der Waals surface area contributed by atoms with Crippen LogP contribution in [-0.4, -0.2) is 24.2 Å². The van der Waals surface area contributed by atoms with E-state index in [0.29, 0.717) is 12.8 Å². The molecule has 0 aliphatic heterocycles. The Labute approximate surface area is 194 Å². The van der Waals surface area contributed by atoms with Gasteiger partial charge in [0.1, 0.15) is 0 Å². The van der Waals surface area contributed by atoms with Gasteiger partial charge in [0.05, 0.1) is 0 Å². The summed E-state index contributed by atoms with van der Waals surface area (Å²) >= 11 is 0. The first-order valence-electron chi connectivity index (χ1n) is 11.1. The molecule has 0 aliphatic rings. The second-order valence-corrected chi connectivity index (χ2v) is 8.03. The quantitative estimate of drug-likeness (QED) is 0.202. The third kappa shape index (κ3) is 28.5. The molecule has 0 aromatic carbocycles. The normalized spacial score (nSPS) is 12.0. The summed E-state index contributed by atoms with van der Waals surface area (Å²) in [4.78, 5) is 0. The molecule has 0 fully saturated rings. The molecule has 0 unspecified atom stereocenters. The number of ether oxygens (including phenoxy) is 2. The van der Waals surface area contributed by atoms with E-state index in [1.54, 1.807) is 27.7 Å². The van der Waals surface area contributed by atoms with E-state index < -0.39 is 11.9 Å². The zero-order valence-corrected chi connectivity index (χ0v) is 21.2. The van der Waals surface area contributed by atoms with Crippen LogP contribution in [0.3, 0.4) is 0 Å². The maximum atomic E-state index is 11.2. The Morgan fingerprint density at radius 2 is 0.828 bits per heavy atom. The minimum atomic E-state index is -2.43. The fraction of sp³-hybridized carbons (Fsp3) is 1.00. The van der Waals surface area contributed by atoms with Gasteiger partial charge in [0.15, 0.2) is 0 Å². The Morgan fingerprint density at radius 1 is 0.552 bits per heavy atom. The van der Waals surface area contributed by atoms with Crippen LogP contribution in [0.5, 0.6) is 0 Å². The van der Waals surface area contributed by atoms with Gasteiger partial charge in [-0.2, -0.15) is 0 Å². The largest absolute Gasteiger partial charge is 4.00 e. The molecule has 0 heterocycles. The van der Waals surface area contributed by atoms with Gasteiger partial charge >= 0.3 is 21.7 Å². The monoisotopic (exact) mass is 452 g/mol. The summed E-state index contributed by atoms with van der Waals surface area (Å²) < 4.78 is 9.47. The molecule has 0 bridgehead atoms. The third-order valence-corrected chi connectivity index (χ3v) is 4.00. The molecule has 7 heteroatoms. The molecule has 6 nitrogen and oxygen atoms in total. The van der Waals surface area contributed by atoms with Crippen molar-refractivity contribution in [3.8, 4) is 0 Å². The fourth-order valence-electron chi connectivity index (χ4n) is 2.73. The molecule has 29 heavy (non-hydrogen) atoms. The van der Waals surface area contributed by atoms with Crippen LogP contribution in [0.25, 0.3) is 0 Å². The van der Waals surface area contributed by atoms with Crippen molar-refractivity contribution < 1.29 is 51.6 Å². The van der Waals surface area contributed by atoms with E-state index >= 15 is 0 Å². The van der Waals surface area contributed by atoms with Crippen LogP contribution in [0.15, 0.2) is 0 Å². The molecule has 0 radical (unpaired) electrons. The molecule has 0 saturated heterocycles. The molecule has 0 aromatic rings. The maximum Gasteiger partial charge on any atom is 4.00 e. The van der Waals surface area contributed by atoms with Crippen molar-refractivity contribution in [3.63, 3.8) is 0 Å². The van der Waals surface area contributed by atoms with E-state index in [2.05, 4.69) is 13.8 Å². The summed E-state index contributed by atoms with van der Waals surface area (Å²) in [6.45, 7) is 11.1. The van der Waals surface area contributed by atoms with Gasteiger partial charge in [-0.25, -0.2) is 0 Å². The van der Waals surface area contributed by atoms with Crippen molar-refractivity contribution in [1.29, 1.82) is 0 Å². The van der Waals surface area contributed by atoms with Crippen LogP contribution < -0.4 is 20.4 Å². The van der Waals surface area contributed by atoms with Crippen molar-refractivity contribution in [3.05, 3.63) is 0 Å². The van der Waals surface area contributed by atoms with Crippen molar-refractivity contribution >= 4 is 0 Å². The minimum absolute atomic E-state index is 0. The Hall–Kier alpha value is 0.474. The van der Waals surface area contributed by atoms with E-state index in [1.807, 2.05) is 0 Å². The van der Waals surface area contributed by atoms with E-state index in [-0.39, 0.29) is 46.8 Å². The van der Waals surface area contributed by atoms with Crippen LogP contribution in [0.2, 0.25) is 0 Å². The molecule has 0 spiro atoms. The molecular weight excluding hydrogens is 408 g/mol. The first kappa shape index (κ1) is 34.1. The average molecular weight is 452 g/mol. The molecule has 0 amide bonds. The Morgan fingerprint density at radius 3 is 1.07 bits per heavy atom. The van der Waals surface area contributed by atoms with Crippen molar-refractivity contribution in [2.45, 2.75) is 143 Å². The SMILES string of the molecule is CCCCCCCC([O-])([O-])OC(C)C.CCCCCCCC([O-])([O-])OC(C)C.[Ti+4]. The summed E-state index contributed by atoms with van der Waals surface area (Å²) in [7, 11) is 0. The Kier molecular flexibility index (Phi) is 24.0.